The van der Waals surface area contributed by atoms with Crippen LogP contribution >= 0.6 is 0 Å². The van der Waals surface area contributed by atoms with E-state index in [1.807, 2.05) is 13.8 Å². The molecule has 2 aliphatic heterocycles. The van der Waals surface area contributed by atoms with Crippen molar-refractivity contribution in [3.63, 3.8) is 0 Å². The van der Waals surface area contributed by atoms with Gasteiger partial charge in [-0.15, -0.1) is 0 Å². The van der Waals surface area contributed by atoms with Crippen molar-refractivity contribution in [2.24, 2.45) is 5.92 Å². The summed E-state index contributed by atoms with van der Waals surface area (Å²) < 4.78 is 0. The fourth-order valence-electron chi connectivity index (χ4n) is 5.10. The van der Waals surface area contributed by atoms with Crippen LogP contribution in [-0.2, 0) is 0 Å². The summed E-state index contributed by atoms with van der Waals surface area (Å²) in [5.74, 6) is -0.382. The number of rotatable bonds is 4. The van der Waals surface area contributed by atoms with E-state index < -0.39 is 0 Å². The smallest absolute Gasteiger partial charge is 0.261 e. The van der Waals surface area contributed by atoms with Crippen molar-refractivity contribution >= 4 is 17.7 Å². The molecule has 2 heterocycles. The third-order valence-corrected chi connectivity index (χ3v) is 6.86. The van der Waals surface area contributed by atoms with E-state index in [-0.39, 0.29) is 35.7 Å². The molecule has 7 heteroatoms. The minimum Gasteiger partial charge on any atom is -0.336 e. The minimum absolute atomic E-state index is 0.0255. The van der Waals surface area contributed by atoms with Crippen LogP contribution < -0.4 is 0 Å². The zero-order chi connectivity index (χ0) is 22.1. The highest BCUT2D eigenvalue weighted by atomic mass is 16.2. The first-order valence-corrected chi connectivity index (χ1v) is 11.4. The first-order valence-electron chi connectivity index (χ1n) is 11.4. The number of nitriles is 1. The Hall–Kier alpha value is -2.72. The lowest BCUT2D eigenvalue weighted by Crippen LogP contribution is -2.52. The van der Waals surface area contributed by atoms with Crippen molar-refractivity contribution in [3.8, 4) is 6.07 Å². The van der Waals surface area contributed by atoms with Gasteiger partial charge in [-0.3, -0.25) is 24.2 Å². The molecule has 1 unspecified atom stereocenters. The molecule has 0 N–H and O–H groups in total. The Morgan fingerprint density at radius 1 is 1.00 bits per heavy atom. The molecule has 1 saturated carbocycles. The molecule has 31 heavy (non-hydrogen) atoms. The maximum absolute atomic E-state index is 13.1. The van der Waals surface area contributed by atoms with Crippen molar-refractivity contribution in [2.45, 2.75) is 58.0 Å². The Morgan fingerprint density at radius 2 is 1.65 bits per heavy atom. The van der Waals surface area contributed by atoms with Crippen molar-refractivity contribution in [1.82, 2.24) is 14.7 Å². The number of hydrogen-bond acceptors (Lipinski definition) is 5. The molecular weight excluding hydrogens is 392 g/mol. The zero-order valence-electron chi connectivity index (χ0n) is 18.3. The van der Waals surface area contributed by atoms with Crippen LogP contribution in [0.25, 0.3) is 0 Å². The van der Waals surface area contributed by atoms with Crippen LogP contribution in [0.3, 0.4) is 0 Å². The second-order valence-electron chi connectivity index (χ2n) is 9.18. The fourth-order valence-corrected chi connectivity index (χ4v) is 5.10. The average Bonchev–Trinajstić information content (AvgIpc) is 3.04. The van der Waals surface area contributed by atoms with Gasteiger partial charge in [0.1, 0.15) is 6.04 Å². The Kier molecular flexibility index (Phi) is 6.10. The number of amides is 3. The summed E-state index contributed by atoms with van der Waals surface area (Å²) in [6, 6.07) is 7.08. The molecule has 0 spiro atoms. The molecule has 2 fully saturated rings. The predicted octanol–water partition coefficient (Wildman–Crippen LogP) is 2.92. The van der Waals surface area contributed by atoms with Gasteiger partial charge in [-0.2, -0.15) is 5.26 Å². The van der Waals surface area contributed by atoms with Crippen LogP contribution in [-0.4, -0.2) is 70.7 Å². The molecule has 1 atom stereocenters. The normalized spacial score (nSPS) is 21.4. The van der Waals surface area contributed by atoms with Gasteiger partial charge in [0.05, 0.1) is 17.2 Å². The fraction of sp³-hybridized carbons (Fsp3) is 0.583. The molecule has 7 nitrogen and oxygen atoms in total. The summed E-state index contributed by atoms with van der Waals surface area (Å²) in [5.41, 5.74) is 1.20. The number of carbonyl (C=O) groups is 3. The van der Waals surface area contributed by atoms with E-state index in [0.717, 1.165) is 32.1 Å². The van der Waals surface area contributed by atoms with Crippen LogP contribution in [0.5, 0.6) is 0 Å². The van der Waals surface area contributed by atoms with Gasteiger partial charge in [-0.25, -0.2) is 0 Å². The number of carbonyl (C=O) groups excluding carboxylic acids is 3. The summed E-state index contributed by atoms with van der Waals surface area (Å²) >= 11 is 0. The van der Waals surface area contributed by atoms with Gasteiger partial charge in [0, 0.05) is 37.8 Å². The highest BCUT2D eigenvalue weighted by Crippen LogP contribution is 2.31. The molecule has 3 amide bonds. The highest BCUT2D eigenvalue weighted by Gasteiger charge is 2.40. The predicted molar refractivity (Wildman–Crippen MR) is 116 cm³/mol. The van der Waals surface area contributed by atoms with Gasteiger partial charge in [0.25, 0.3) is 17.7 Å². The van der Waals surface area contributed by atoms with Gasteiger partial charge in [0.15, 0.2) is 0 Å². The molecule has 164 valence electrons. The second-order valence-corrected chi connectivity index (χ2v) is 9.18. The molecule has 4 rings (SSSR count). The summed E-state index contributed by atoms with van der Waals surface area (Å²) in [6.45, 7) is 6.46. The van der Waals surface area contributed by atoms with Crippen molar-refractivity contribution in [1.29, 1.82) is 5.26 Å². The number of nitrogens with zero attached hydrogens (tertiary/aromatic N) is 4. The lowest BCUT2D eigenvalue weighted by Gasteiger charge is -2.38. The van der Waals surface area contributed by atoms with Gasteiger partial charge < -0.3 is 4.90 Å². The Labute approximate surface area is 183 Å². The zero-order valence-corrected chi connectivity index (χ0v) is 18.3. The van der Waals surface area contributed by atoms with Crippen LogP contribution in [0, 0.1) is 17.2 Å². The molecule has 0 aromatic heterocycles. The number of hydrogen-bond donors (Lipinski definition) is 0. The molecule has 0 radical (unpaired) electrons. The lowest BCUT2D eigenvalue weighted by molar-refractivity contribution is 0.0547. The number of piperazine rings is 1. The van der Waals surface area contributed by atoms with E-state index in [4.69, 9.17) is 0 Å². The Morgan fingerprint density at radius 3 is 2.26 bits per heavy atom. The van der Waals surface area contributed by atoms with E-state index in [1.165, 1.54) is 4.90 Å². The largest absolute Gasteiger partial charge is 0.336 e. The van der Waals surface area contributed by atoms with Crippen LogP contribution in [0.15, 0.2) is 18.2 Å². The van der Waals surface area contributed by atoms with Crippen LogP contribution in [0.2, 0.25) is 0 Å². The molecule has 1 saturated heterocycles. The second kappa shape index (κ2) is 8.80. The topological polar surface area (TPSA) is 84.7 Å². The lowest BCUT2D eigenvalue weighted by atomic mass is 9.94. The van der Waals surface area contributed by atoms with E-state index in [0.29, 0.717) is 42.9 Å². The summed E-state index contributed by atoms with van der Waals surface area (Å²) in [7, 11) is 0. The van der Waals surface area contributed by atoms with E-state index in [9.17, 15) is 19.6 Å². The van der Waals surface area contributed by atoms with Crippen molar-refractivity contribution in [2.75, 3.05) is 26.2 Å². The first kappa shape index (κ1) is 21.5. The maximum atomic E-state index is 13.1. The SMILES string of the molecule is CC(C)C(C#N)N1CCN(C(=O)c2ccc3c(c2)C(=O)N(C2CCCCC2)C3=O)CC1. The standard InChI is InChI=1S/C24H30N4O3/c1-16(2)21(15-25)26-10-12-27(13-11-26)22(29)17-8-9-19-20(14-17)24(31)28(23(19)30)18-6-4-3-5-7-18/h8-9,14,16,18,21H,3-7,10-13H2,1-2H3. The number of benzene rings is 1. The monoisotopic (exact) mass is 422 g/mol. The molecule has 1 aromatic carbocycles. The Balaban J connectivity index is 1.46. The van der Waals surface area contributed by atoms with Crippen molar-refractivity contribution < 1.29 is 14.4 Å². The van der Waals surface area contributed by atoms with Gasteiger partial charge in [-0.05, 0) is 37.0 Å². The first-order chi connectivity index (χ1) is 14.9. The third kappa shape index (κ3) is 3.97. The quantitative estimate of drug-likeness (QED) is 0.697. The maximum Gasteiger partial charge on any atom is 0.261 e. The molecule has 0 bridgehead atoms. The third-order valence-electron chi connectivity index (χ3n) is 6.86. The molecular formula is C24H30N4O3. The number of fused-ring (bicyclic) bond motifs is 1. The average molecular weight is 423 g/mol. The Bertz CT molecular complexity index is 921. The van der Waals surface area contributed by atoms with Gasteiger partial charge >= 0.3 is 0 Å². The molecule has 1 aliphatic carbocycles. The van der Waals surface area contributed by atoms with Gasteiger partial charge in [0.2, 0.25) is 0 Å². The molecule has 1 aromatic rings. The van der Waals surface area contributed by atoms with Crippen LogP contribution in [0.4, 0.5) is 0 Å². The van der Waals surface area contributed by atoms with Crippen LogP contribution in [0.1, 0.15) is 77.0 Å². The van der Waals surface area contributed by atoms with E-state index >= 15 is 0 Å². The summed E-state index contributed by atoms with van der Waals surface area (Å²) in [4.78, 5) is 44.3. The van der Waals surface area contributed by atoms with Gasteiger partial charge in [-0.1, -0.05) is 33.1 Å². The van der Waals surface area contributed by atoms with Crippen molar-refractivity contribution in [3.05, 3.63) is 34.9 Å². The van der Waals surface area contributed by atoms with E-state index in [1.54, 1.807) is 23.1 Å². The highest BCUT2D eigenvalue weighted by molar-refractivity contribution is 6.22. The summed E-state index contributed by atoms with van der Waals surface area (Å²) in [5, 5.41) is 9.42. The summed E-state index contributed by atoms with van der Waals surface area (Å²) in [6.07, 6.45) is 4.95. The van der Waals surface area contributed by atoms with E-state index in [2.05, 4.69) is 11.0 Å². The number of imide groups is 1. The minimum atomic E-state index is -0.264. The molecule has 3 aliphatic rings.